The predicted octanol–water partition coefficient (Wildman–Crippen LogP) is -0.526. The minimum absolute atomic E-state index is 0.271. The Hall–Kier alpha value is -1.61. The number of rotatable bonds is 7. The zero-order chi connectivity index (χ0) is 15.8. The first-order valence-electron chi connectivity index (χ1n) is 7.51. The van der Waals surface area contributed by atoms with Gasteiger partial charge in [-0.2, -0.15) is 5.10 Å². The molecule has 1 aromatic rings. The highest BCUT2D eigenvalue weighted by atomic mass is 32.2. The van der Waals surface area contributed by atoms with Crippen molar-refractivity contribution in [3.63, 3.8) is 0 Å². The van der Waals surface area contributed by atoms with E-state index in [4.69, 9.17) is 0 Å². The predicted molar refractivity (Wildman–Crippen MR) is 86.2 cm³/mol. The first-order chi connectivity index (χ1) is 10.6. The molecule has 1 aliphatic rings. The Kier molecular flexibility index (Phi) is 6.20. The van der Waals surface area contributed by atoms with Crippen molar-refractivity contribution in [3.05, 3.63) is 18.5 Å². The van der Waals surface area contributed by atoms with Crippen LogP contribution in [0.1, 0.15) is 12.8 Å². The van der Waals surface area contributed by atoms with Gasteiger partial charge in [-0.3, -0.25) is 9.67 Å². The number of aryl methyl sites for hydroxylation is 1. The van der Waals surface area contributed by atoms with Crippen molar-refractivity contribution in [1.29, 1.82) is 0 Å². The molecule has 1 fully saturated rings. The van der Waals surface area contributed by atoms with Crippen molar-refractivity contribution in [3.8, 4) is 0 Å². The highest BCUT2D eigenvalue weighted by Crippen LogP contribution is 2.11. The molecule has 0 bridgehead atoms. The number of guanidine groups is 1. The first kappa shape index (κ1) is 16.8. The summed E-state index contributed by atoms with van der Waals surface area (Å²) in [6.45, 7) is 3.29. The monoisotopic (exact) mass is 328 g/mol. The van der Waals surface area contributed by atoms with Crippen molar-refractivity contribution in [2.24, 2.45) is 4.99 Å². The van der Waals surface area contributed by atoms with Crippen LogP contribution in [0.3, 0.4) is 0 Å². The molecule has 2 heterocycles. The molecule has 0 saturated carbocycles. The third kappa shape index (κ3) is 4.99. The standard InChI is InChI=1S/C13H24N6O2S/c1-14-13(15-5-2-8-18-9-3-6-17-18)16-7-11-19-10-4-12-22(19,20)21/h3,6,9H,2,4-5,7-8,10-12H2,1H3,(H2,14,15,16). The lowest BCUT2D eigenvalue weighted by Gasteiger charge is -2.16. The number of sulfonamides is 1. The second-order valence-electron chi connectivity index (χ2n) is 5.12. The second kappa shape index (κ2) is 8.14. The van der Waals surface area contributed by atoms with Gasteiger partial charge in [0.1, 0.15) is 0 Å². The number of aliphatic imine (C=N–C) groups is 1. The van der Waals surface area contributed by atoms with E-state index < -0.39 is 10.0 Å². The summed E-state index contributed by atoms with van der Waals surface area (Å²) in [5.41, 5.74) is 0. The smallest absolute Gasteiger partial charge is 0.214 e. The maximum Gasteiger partial charge on any atom is 0.214 e. The molecular formula is C13H24N6O2S. The van der Waals surface area contributed by atoms with Crippen LogP contribution < -0.4 is 10.6 Å². The molecule has 1 aliphatic heterocycles. The fourth-order valence-electron chi connectivity index (χ4n) is 2.34. The van der Waals surface area contributed by atoms with E-state index in [0.717, 1.165) is 25.9 Å². The van der Waals surface area contributed by atoms with Gasteiger partial charge >= 0.3 is 0 Å². The number of hydrogen-bond donors (Lipinski definition) is 2. The molecular weight excluding hydrogens is 304 g/mol. The van der Waals surface area contributed by atoms with Gasteiger partial charge in [-0.25, -0.2) is 12.7 Å². The van der Waals surface area contributed by atoms with Crippen LogP contribution in [0.25, 0.3) is 0 Å². The van der Waals surface area contributed by atoms with Gasteiger partial charge in [-0.15, -0.1) is 0 Å². The topological polar surface area (TPSA) is 91.6 Å². The minimum Gasteiger partial charge on any atom is -0.356 e. The van der Waals surface area contributed by atoms with Gasteiger partial charge in [0.05, 0.1) is 5.75 Å². The molecule has 8 nitrogen and oxygen atoms in total. The highest BCUT2D eigenvalue weighted by Gasteiger charge is 2.27. The molecule has 0 amide bonds. The van der Waals surface area contributed by atoms with Crippen LogP contribution >= 0.6 is 0 Å². The molecule has 124 valence electrons. The van der Waals surface area contributed by atoms with Crippen molar-refractivity contribution < 1.29 is 8.42 Å². The second-order valence-corrected chi connectivity index (χ2v) is 7.21. The average molecular weight is 328 g/mol. The minimum atomic E-state index is -3.01. The van der Waals surface area contributed by atoms with E-state index in [9.17, 15) is 8.42 Å². The Morgan fingerprint density at radius 3 is 2.77 bits per heavy atom. The third-order valence-corrected chi connectivity index (χ3v) is 5.45. The Labute approximate surface area is 131 Å². The highest BCUT2D eigenvalue weighted by molar-refractivity contribution is 7.89. The number of nitrogens with one attached hydrogen (secondary N) is 2. The maximum absolute atomic E-state index is 11.7. The summed E-state index contributed by atoms with van der Waals surface area (Å²) < 4.78 is 26.8. The SMILES string of the molecule is CN=C(NCCCn1cccn1)NCCN1CCCS1(=O)=O. The van der Waals surface area contributed by atoms with Crippen LogP contribution in [0.15, 0.2) is 23.5 Å². The number of nitrogens with zero attached hydrogens (tertiary/aromatic N) is 4. The van der Waals surface area contributed by atoms with E-state index in [1.807, 2.05) is 16.9 Å². The van der Waals surface area contributed by atoms with Gasteiger partial charge in [-0.05, 0) is 18.9 Å². The van der Waals surface area contributed by atoms with E-state index in [2.05, 4.69) is 20.7 Å². The lowest BCUT2D eigenvalue weighted by Crippen LogP contribution is -2.42. The van der Waals surface area contributed by atoms with Gasteiger partial charge in [0, 0.05) is 52.2 Å². The molecule has 0 radical (unpaired) electrons. The number of aromatic nitrogens is 2. The van der Waals surface area contributed by atoms with Crippen LogP contribution in [0.4, 0.5) is 0 Å². The van der Waals surface area contributed by atoms with Crippen molar-refractivity contribution >= 4 is 16.0 Å². The summed E-state index contributed by atoms with van der Waals surface area (Å²) >= 11 is 0. The third-order valence-electron chi connectivity index (χ3n) is 3.50. The summed E-state index contributed by atoms with van der Waals surface area (Å²) in [6.07, 6.45) is 5.36. The zero-order valence-corrected chi connectivity index (χ0v) is 13.7. The van der Waals surface area contributed by atoms with Crippen LogP contribution in [0, 0.1) is 0 Å². The lowest BCUT2D eigenvalue weighted by atomic mass is 10.4. The molecule has 0 atom stereocenters. The maximum atomic E-state index is 11.7. The molecule has 0 aliphatic carbocycles. The van der Waals surface area contributed by atoms with E-state index >= 15 is 0 Å². The fourth-order valence-corrected chi connectivity index (χ4v) is 3.87. The van der Waals surface area contributed by atoms with Crippen molar-refractivity contribution in [1.82, 2.24) is 24.7 Å². The van der Waals surface area contributed by atoms with Gasteiger partial charge < -0.3 is 10.6 Å². The van der Waals surface area contributed by atoms with Crippen molar-refractivity contribution in [2.45, 2.75) is 19.4 Å². The van der Waals surface area contributed by atoms with Crippen LogP contribution in [-0.4, -0.2) is 67.4 Å². The summed E-state index contributed by atoms with van der Waals surface area (Å²) in [4.78, 5) is 4.13. The summed E-state index contributed by atoms with van der Waals surface area (Å²) in [5.74, 6) is 0.963. The van der Waals surface area contributed by atoms with E-state index in [1.54, 1.807) is 13.2 Å². The molecule has 0 unspecified atom stereocenters. The van der Waals surface area contributed by atoms with Gasteiger partial charge in [0.15, 0.2) is 5.96 Å². The van der Waals surface area contributed by atoms with Gasteiger partial charge in [0.25, 0.3) is 0 Å². The molecule has 9 heteroatoms. The van der Waals surface area contributed by atoms with E-state index in [0.29, 0.717) is 25.6 Å². The summed E-state index contributed by atoms with van der Waals surface area (Å²) in [7, 11) is -1.31. The average Bonchev–Trinajstić information content (AvgIpc) is 3.11. The number of hydrogen-bond acceptors (Lipinski definition) is 4. The summed E-state index contributed by atoms with van der Waals surface area (Å²) in [5, 5.41) is 10.5. The molecule has 1 saturated heterocycles. The van der Waals surface area contributed by atoms with E-state index in [1.165, 1.54) is 4.31 Å². The van der Waals surface area contributed by atoms with Gasteiger partial charge in [0.2, 0.25) is 10.0 Å². The normalized spacial score (nSPS) is 18.5. The Bertz CT molecular complexity index is 569. The molecule has 0 spiro atoms. The molecule has 1 aromatic heterocycles. The molecule has 2 N–H and O–H groups in total. The molecule has 22 heavy (non-hydrogen) atoms. The van der Waals surface area contributed by atoms with E-state index in [-0.39, 0.29) is 5.75 Å². The Morgan fingerprint density at radius 2 is 2.14 bits per heavy atom. The zero-order valence-electron chi connectivity index (χ0n) is 12.9. The van der Waals surface area contributed by atoms with Crippen LogP contribution in [0.5, 0.6) is 0 Å². The quantitative estimate of drug-likeness (QED) is 0.399. The Morgan fingerprint density at radius 1 is 1.32 bits per heavy atom. The van der Waals surface area contributed by atoms with Crippen LogP contribution in [-0.2, 0) is 16.6 Å². The van der Waals surface area contributed by atoms with Gasteiger partial charge in [-0.1, -0.05) is 0 Å². The largest absolute Gasteiger partial charge is 0.356 e. The summed E-state index contributed by atoms with van der Waals surface area (Å²) in [6, 6.07) is 1.90. The molecule has 0 aromatic carbocycles. The Balaban J connectivity index is 1.61. The molecule has 2 rings (SSSR count). The van der Waals surface area contributed by atoms with Crippen LogP contribution in [0.2, 0.25) is 0 Å². The van der Waals surface area contributed by atoms with Crippen molar-refractivity contribution in [2.75, 3.05) is 39.0 Å². The fraction of sp³-hybridized carbons (Fsp3) is 0.692. The lowest BCUT2D eigenvalue weighted by molar-refractivity contribution is 0.445. The first-order valence-corrected chi connectivity index (χ1v) is 9.12.